The molecule has 0 heterocycles. The molecule has 0 radical (unpaired) electrons. The number of benzene rings is 1. The molecule has 20 heavy (non-hydrogen) atoms. The molecular formula is C14H17F3N2O. The lowest BCUT2D eigenvalue weighted by Gasteiger charge is -2.16. The van der Waals surface area contributed by atoms with Crippen molar-refractivity contribution in [3.05, 3.63) is 29.8 Å². The highest BCUT2D eigenvalue weighted by atomic mass is 19.4. The quantitative estimate of drug-likeness (QED) is 0.814. The molecule has 0 aromatic heterocycles. The number of ether oxygens (including phenoxy) is 1. The third-order valence-corrected chi connectivity index (χ3v) is 2.80. The topological polar surface area (TPSA) is 59.0 Å². The monoisotopic (exact) mass is 286 g/mol. The number of alkyl halides is 3. The molecule has 0 amide bonds. The second-order valence-corrected chi connectivity index (χ2v) is 4.83. The van der Waals surface area contributed by atoms with Gasteiger partial charge in [-0.25, -0.2) is 0 Å². The SMILES string of the molecule is CC(N)(C#N)CCCCOc1ccccc1C(F)(F)F. The maximum atomic E-state index is 12.7. The molecule has 0 aliphatic rings. The first kappa shape index (κ1) is 16.3. The Morgan fingerprint density at radius 3 is 2.50 bits per heavy atom. The second-order valence-electron chi connectivity index (χ2n) is 4.83. The third-order valence-electron chi connectivity index (χ3n) is 2.80. The molecule has 1 atom stereocenters. The molecule has 1 rings (SSSR count). The van der Waals surface area contributed by atoms with Crippen molar-refractivity contribution in [2.75, 3.05) is 6.61 Å². The van der Waals surface area contributed by atoms with Gasteiger partial charge in [0, 0.05) is 0 Å². The Labute approximate surface area is 116 Å². The number of nitrogens with zero attached hydrogens (tertiary/aromatic N) is 1. The van der Waals surface area contributed by atoms with Crippen LogP contribution in [0.15, 0.2) is 24.3 Å². The van der Waals surface area contributed by atoms with Crippen LogP contribution in [-0.4, -0.2) is 12.1 Å². The van der Waals surface area contributed by atoms with Gasteiger partial charge in [0.2, 0.25) is 0 Å². The lowest BCUT2D eigenvalue weighted by molar-refractivity contribution is -0.138. The number of unbranched alkanes of at least 4 members (excludes halogenated alkanes) is 1. The largest absolute Gasteiger partial charge is 0.493 e. The van der Waals surface area contributed by atoms with Gasteiger partial charge in [-0.2, -0.15) is 18.4 Å². The predicted octanol–water partition coefficient (Wildman–Crippen LogP) is 3.50. The molecular weight excluding hydrogens is 269 g/mol. The van der Waals surface area contributed by atoms with Crippen molar-refractivity contribution in [3.8, 4) is 11.8 Å². The van der Waals surface area contributed by atoms with Gasteiger partial charge in [0.15, 0.2) is 0 Å². The number of nitrogens with two attached hydrogens (primary N) is 1. The molecule has 1 aromatic carbocycles. The summed E-state index contributed by atoms with van der Waals surface area (Å²) in [6, 6.07) is 7.07. The van der Waals surface area contributed by atoms with Gasteiger partial charge in [0.1, 0.15) is 11.3 Å². The molecule has 0 spiro atoms. The van der Waals surface area contributed by atoms with Crippen molar-refractivity contribution in [2.45, 2.75) is 37.9 Å². The second kappa shape index (κ2) is 6.62. The van der Waals surface area contributed by atoms with E-state index in [0.29, 0.717) is 19.3 Å². The van der Waals surface area contributed by atoms with Gasteiger partial charge >= 0.3 is 6.18 Å². The number of nitriles is 1. The van der Waals surface area contributed by atoms with E-state index in [1.807, 2.05) is 6.07 Å². The van der Waals surface area contributed by atoms with Crippen molar-refractivity contribution in [1.29, 1.82) is 5.26 Å². The van der Waals surface area contributed by atoms with Crippen LogP contribution in [0.1, 0.15) is 31.7 Å². The summed E-state index contributed by atoms with van der Waals surface area (Å²) in [6.07, 6.45) is -2.78. The first-order valence-electron chi connectivity index (χ1n) is 6.25. The van der Waals surface area contributed by atoms with Gasteiger partial charge in [-0.3, -0.25) is 0 Å². The summed E-state index contributed by atoms with van der Waals surface area (Å²) in [5.74, 6) is -0.171. The van der Waals surface area contributed by atoms with Gasteiger partial charge in [-0.1, -0.05) is 12.1 Å². The zero-order chi connectivity index (χ0) is 15.2. The minimum atomic E-state index is -4.42. The van der Waals surface area contributed by atoms with Crippen LogP contribution in [-0.2, 0) is 6.18 Å². The van der Waals surface area contributed by atoms with Crippen molar-refractivity contribution in [1.82, 2.24) is 0 Å². The van der Waals surface area contributed by atoms with E-state index in [4.69, 9.17) is 15.7 Å². The minimum Gasteiger partial charge on any atom is -0.493 e. The molecule has 1 unspecified atom stereocenters. The molecule has 6 heteroatoms. The first-order valence-corrected chi connectivity index (χ1v) is 6.25. The van der Waals surface area contributed by atoms with Gasteiger partial charge in [0.05, 0.1) is 18.2 Å². The standard InChI is InChI=1S/C14H17F3N2O/c1-13(19,10-18)8-4-5-9-20-12-7-3-2-6-11(12)14(15,16)17/h2-3,6-7H,4-5,8-9,19H2,1H3. The average molecular weight is 286 g/mol. The van der Waals surface area contributed by atoms with E-state index in [0.717, 1.165) is 6.07 Å². The zero-order valence-electron chi connectivity index (χ0n) is 11.2. The van der Waals surface area contributed by atoms with Crippen LogP contribution in [0.3, 0.4) is 0 Å². The van der Waals surface area contributed by atoms with Crippen LogP contribution in [0, 0.1) is 11.3 Å². The van der Waals surface area contributed by atoms with Crippen LogP contribution >= 0.6 is 0 Å². The Morgan fingerprint density at radius 1 is 1.25 bits per heavy atom. The van der Waals surface area contributed by atoms with Crippen molar-refractivity contribution < 1.29 is 17.9 Å². The molecule has 0 aliphatic heterocycles. The maximum Gasteiger partial charge on any atom is 0.419 e. The minimum absolute atomic E-state index is 0.161. The van der Waals surface area contributed by atoms with E-state index >= 15 is 0 Å². The van der Waals surface area contributed by atoms with Crippen LogP contribution in [0.4, 0.5) is 13.2 Å². The molecule has 110 valence electrons. The smallest absolute Gasteiger partial charge is 0.419 e. The fourth-order valence-electron chi connectivity index (χ4n) is 1.66. The van der Waals surface area contributed by atoms with Gasteiger partial charge in [0.25, 0.3) is 0 Å². The fraction of sp³-hybridized carbons (Fsp3) is 0.500. The van der Waals surface area contributed by atoms with E-state index in [-0.39, 0.29) is 12.4 Å². The number of halogens is 3. The summed E-state index contributed by atoms with van der Waals surface area (Å²) in [6.45, 7) is 1.78. The number of para-hydroxylation sites is 1. The molecule has 0 bridgehead atoms. The summed E-state index contributed by atoms with van der Waals surface area (Å²) >= 11 is 0. The zero-order valence-corrected chi connectivity index (χ0v) is 11.2. The number of rotatable bonds is 6. The van der Waals surface area contributed by atoms with E-state index in [9.17, 15) is 13.2 Å². The Balaban J connectivity index is 2.46. The summed E-state index contributed by atoms with van der Waals surface area (Å²) in [7, 11) is 0. The van der Waals surface area contributed by atoms with Crippen LogP contribution in [0.2, 0.25) is 0 Å². The molecule has 0 fully saturated rings. The number of hydrogen-bond donors (Lipinski definition) is 1. The highest BCUT2D eigenvalue weighted by molar-refractivity contribution is 5.35. The molecule has 1 aromatic rings. The normalized spacial score (nSPS) is 14.4. The van der Waals surface area contributed by atoms with Gasteiger partial charge in [-0.05, 0) is 38.3 Å². The maximum absolute atomic E-state index is 12.7. The van der Waals surface area contributed by atoms with Crippen molar-refractivity contribution >= 4 is 0 Å². The highest BCUT2D eigenvalue weighted by Crippen LogP contribution is 2.35. The van der Waals surface area contributed by atoms with Crippen LogP contribution in [0.25, 0.3) is 0 Å². The number of hydrogen-bond acceptors (Lipinski definition) is 3. The Morgan fingerprint density at radius 2 is 1.90 bits per heavy atom. The van der Waals surface area contributed by atoms with E-state index in [2.05, 4.69) is 0 Å². The Bertz CT molecular complexity index is 478. The van der Waals surface area contributed by atoms with Crippen LogP contribution in [0.5, 0.6) is 5.75 Å². The Kier molecular flexibility index (Phi) is 5.40. The van der Waals surface area contributed by atoms with Crippen molar-refractivity contribution in [2.24, 2.45) is 5.73 Å². The molecule has 0 saturated carbocycles. The lowest BCUT2D eigenvalue weighted by atomic mass is 9.98. The van der Waals surface area contributed by atoms with E-state index in [1.165, 1.54) is 18.2 Å². The summed E-state index contributed by atoms with van der Waals surface area (Å²) < 4.78 is 43.2. The van der Waals surface area contributed by atoms with Gasteiger partial charge < -0.3 is 10.5 Å². The first-order chi connectivity index (χ1) is 9.26. The third kappa shape index (κ3) is 5.10. The fourth-order valence-corrected chi connectivity index (χ4v) is 1.66. The molecule has 0 saturated heterocycles. The summed E-state index contributed by atoms with van der Waals surface area (Å²) in [5.41, 5.74) is 3.96. The molecule has 3 nitrogen and oxygen atoms in total. The highest BCUT2D eigenvalue weighted by Gasteiger charge is 2.33. The summed E-state index contributed by atoms with van der Waals surface area (Å²) in [4.78, 5) is 0. The molecule has 2 N–H and O–H groups in total. The summed E-state index contributed by atoms with van der Waals surface area (Å²) in [5, 5.41) is 8.72. The van der Waals surface area contributed by atoms with Gasteiger partial charge in [-0.15, -0.1) is 0 Å². The van der Waals surface area contributed by atoms with Crippen LogP contribution < -0.4 is 10.5 Å². The molecule has 0 aliphatic carbocycles. The van der Waals surface area contributed by atoms with E-state index < -0.39 is 17.3 Å². The predicted molar refractivity (Wildman–Crippen MR) is 69.0 cm³/mol. The Hall–Kier alpha value is -1.74. The van der Waals surface area contributed by atoms with Crippen molar-refractivity contribution in [3.63, 3.8) is 0 Å². The lowest BCUT2D eigenvalue weighted by Crippen LogP contribution is -2.33. The van der Waals surface area contributed by atoms with E-state index in [1.54, 1.807) is 6.92 Å². The average Bonchev–Trinajstić information content (AvgIpc) is 2.37.